The normalized spacial score (nSPS) is 9.83. The van der Waals surface area contributed by atoms with E-state index in [0.29, 0.717) is 0 Å². The van der Waals surface area contributed by atoms with Crippen molar-refractivity contribution in [1.29, 1.82) is 0 Å². The van der Waals surface area contributed by atoms with Gasteiger partial charge in [-0.1, -0.05) is 0 Å². The molecule has 0 amide bonds. The summed E-state index contributed by atoms with van der Waals surface area (Å²) < 4.78 is 30.8. The van der Waals surface area contributed by atoms with Crippen LogP contribution in [-0.2, 0) is 17.2 Å². The number of hydrogen-bond acceptors (Lipinski definition) is 2. The molecule has 5 nitrogen and oxygen atoms in total. The van der Waals surface area contributed by atoms with E-state index in [9.17, 15) is 8.42 Å². The van der Waals surface area contributed by atoms with Crippen molar-refractivity contribution in [2.75, 3.05) is 0 Å². The Morgan fingerprint density at radius 2 is 2.00 bits per heavy atom. The van der Waals surface area contributed by atoms with Crippen molar-refractivity contribution in [2.45, 2.75) is 4.90 Å². The summed E-state index contributed by atoms with van der Waals surface area (Å²) in [7, 11) is -2.33. The number of hydrogen-bond donors (Lipinski definition) is 1. The van der Waals surface area contributed by atoms with E-state index in [1.807, 2.05) is 0 Å². The minimum absolute atomic E-state index is 0. The van der Waals surface area contributed by atoms with Crippen LogP contribution in [0.4, 0.5) is 0 Å². The zero-order valence-corrected chi connectivity index (χ0v) is 6.67. The summed E-state index contributed by atoms with van der Waals surface area (Å²) in [6, 6.07) is 1.33. The van der Waals surface area contributed by atoms with Gasteiger partial charge in [0.25, 0.3) is 10.1 Å². The Morgan fingerprint density at radius 1 is 1.50 bits per heavy atom. The maximum atomic E-state index is 10.4. The van der Waals surface area contributed by atoms with Crippen LogP contribution in [0.1, 0.15) is 0 Å². The van der Waals surface area contributed by atoms with E-state index in [2.05, 4.69) is 0 Å². The quantitative estimate of drug-likeness (QED) is 0.459. The first-order chi connectivity index (χ1) is 4.50. The van der Waals surface area contributed by atoms with E-state index in [0.717, 1.165) is 0 Å². The van der Waals surface area contributed by atoms with Crippen molar-refractivity contribution in [3.8, 4) is 0 Å². The number of aromatic nitrogens is 1. The van der Waals surface area contributed by atoms with E-state index < -0.39 is 10.1 Å². The summed E-state index contributed by atoms with van der Waals surface area (Å²) in [5.41, 5.74) is 0. The van der Waals surface area contributed by atoms with E-state index in [1.165, 1.54) is 12.3 Å². The van der Waals surface area contributed by atoms with Crippen LogP contribution in [0.15, 0.2) is 23.4 Å². The van der Waals surface area contributed by atoms with Gasteiger partial charge >= 0.3 is 29.6 Å². The molecule has 0 aliphatic carbocycles. The van der Waals surface area contributed by atoms with Gasteiger partial charge < -0.3 is 10.0 Å². The predicted octanol–water partition coefficient (Wildman–Crippen LogP) is -1.20. The first kappa shape index (κ1) is 14.7. The maximum absolute atomic E-state index is 10.4. The zero-order chi connectivity index (χ0) is 7.78. The van der Waals surface area contributed by atoms with Gasteiger partial charge in [0.1, 0.15) is 4.90 Å². The molecule has 0 aliphatic heterocycles. The first-order valence-corrected chi connectivity index (χ1v) is 4.03. The molecule has 0 saturated carbocycles. The molecule has 1 aromatic heterocycles. The number of rotatable bonds is 1. The molecule has 0 aromatic carbocycles. The fraction of sp³-hybridized carbons (Fsp3) is 0.200. The predicted molar refractivity (Wildman–Crippen MR) is 46.0 cm³/mol. The van der Waals surface area contributed by atoms with Crippen molar-refractivity contribution in [1.82, 2.24) is 4.57 Å². The standard InChI is InChI=1S/C5H7NO3S.Na.H2O.H/c1-6-3-2-5(4-6)10(7,8)9;;;/h2-4H,1H3,(H,7,8,9);;1H2;. The van der Waals surface area contributed by atoms with Gasteiger partial charge in [-0.3, -0.25) is 4.55 Å². The van der Waals surface area contributed by atoms with Crippen LogP contribution >= 0.6 is 0 Å². The number of aryl methyl sites for hydroxylation is 1. The van der Waals surface area contributed by atoms with E-state index >= 15 is 0 Å². The third kappa shape index (κ3) is 3.70. The van der Waals surface area contributed by atoms with Crippen molar-refractivity contribution >= 4 is 39.7 Å². The molecular weight excluding hydrogens is 193 g/mol. The molecule has 3 N–H and O–H groups in total. The first-order valence-electron chi connectivity index (χ1n) is 2.59. The Kier molecular flexibility index (Phi) is 6.11. The Morgan fingerprint density at radius 3 is 2.17 bits per heavy atom. The average Bonchev–Trinajstić information content (AvgIpc) is 2.11. The molecule has 1 aromatic rings. The van der Waals surface area contributed by atoms with Gasteiger partial charge in [-0.15, -0.1) is 0 Å². The van der Waals surface area contributed by atoms with Crippen LogP contribution in [-0.4, -0.2) is 52.6 Å². The van der Waals surface area contributed by atoms with Gasteiger partial charge in [0.05, 0.1) is 0 Å². The molecule has 66 valence electrons. The molecule has 1 heterocycles. The Labute approximate surface area is 92.7 Å². The molecule has 0 aliphatic rings. The summed E-state index contributed by atoms with van der Waals surface area (Å²) in [5, 5.41) is 0. The molecule has 0 saturated heterocycles. The molecule has 7 heteroatoms. The Bertz CT molecular complexity index is 331. The molecular formula is C5H10NNaO4S. The van der Waals surface area contributed by atoms with Gasteiger partial charge in [-0.25, -0.2) is 0 Å². The molecule has 0 atom stereocenters. The van der Waals surface area contributed by atoms with Gasteiger partial charge in [0, 0.05) is 19.4 Å². The zero-order valence-electron chi connectivity index (χ0n) is 5.85. The van der Waals surface area contributed by atoms with Gasteiger partial charge in [-0.05, 0) is 6.07 Å². The van der Waals surface area contributed by atoms with E-state index in [4.69, 9.17) is 4.55 Å². The Hall–Kier alpha value is 0.150. The van der Waals surface area contributed by atoms with Crippen molar-refractivity contribution in [3.05, 3.63) is 18.5 Å². The second-order valence-electron chi connectivity index (χ2n) is 1.99. The van der Waals surface area contributed by atoms with Crippen LogP contribution in [0, 0.1) is 0 Å². The fourth-order valence-corrected chi connectivity index (χ4v) is 1.16. The van der Waals surface area contributed by atoms with Crippen LogP contribution in [0.3, 0.4) is 0 Å². The average molecular weight is 203 g/mol. The SMILES string of the molecule is Cn1ccc(S(=O)(=O)O)c1.O.[NaH]. The molecule has 0 bridgehead atoms. The van der Waals surface area contributed by atoms with E-state index in [1.54, 1.807) is 17.8 Å². The van der Waals surface area contributed by atoms with Crippen molar-refractivity contribution < 1.29 is 18.4 Å². The summed E-state index contributed by atoms with van der Waals surface area (Å²) in [6.07, 6.45) is 2.87. The van der Waals surface area contributed by atoms with Crippen molar-refractivity contribution in [2.24, 2.45) is 7.05 Å². The molecule has 0 spiro atoms. The molecule has 1 rings (SSSR count). The second-order valence-corrected chi connectivity index (χ2v) is 3.41. The van der Waals surface area contributed by atoms with E-state index in [-0.39, 0.29) is 39.9 Å². The van der Waals surface area contributed by atoms with Crippen LogP contribution in [0.2, 0.25) is 0 Å². The minimum atomic E-state index is -4.00. The Balaban J connectivity index is 0. The summed E-state index contributed by atoms with van der Waals surface area (Å²) >= 11 is 0. The fourth-order valence-electron chi connectivity index (χ4n) is 0.630. The third-order valence-electron chi connectivity index (χ3n) is 1.10. The molecule has 12 heavy (non-hydrogen) atoms. The number of nitrogens with zero attached hydrogens (tertiary/aromatic N) is 1. The van der Waals surface area contributed by atoms with Gasteiger partial charge in [-0.2, -0.15) is 8.42 Å². The summed E-state index contributed by atoms with van der Waals surface area (Å²) in [6.45, 7) is 0. The van der Waals surface area contributed by atoms with Crippen LogP contribution < -0.4 is 0 Å². The molecule has 0 radical (unpaired) electrons. The third-order valence-corrected chi connectivity index (χ3v) is 1.94. The van der Waals surface area contributed by atoms with Gasteiger partial charge in [0.15, 0.2) is 0 Å². The monoisotopic (exact) mass is 203 g/mol. The second kappa shape index (κ2) is 5.00. The topological polar surface area (TPSA) is 90.8 Å². The van der Waals surface area contributed by atoms with Crippen LogP contribution in [0.5, 0.6) is 0 Å². The van der Waals surface area contributed by atoms with Crippen LogP contribution in [0.25, 0.3) is 0 Å². The van der Waals surface area contributed by atoms with Crippen molar-refractivity contribution in [3.63, 3.8) is 0 Å². The molecule has 0 fully saturated rings. The summed E-state index contributed by atoms with van der Waals surface area (Å²) in [5.74, 6) is 0. The van der Waals surface area contributed by atoms with Gasteiger partial charge in [0.2, 0.25) is 0 Å². The summed E-state index contributed by atoms with van der Waals surface area (Å²) in [4.78, 5) is -0.0741. The molecule has 0 unspecified atom stereocenters.